The maximum Gasteiger partial charge on any atom is 0.263 e. The number of hydrogen-bond acceptors (Lipinski definition) is 5. The Balaban J connectivity index is 1.30. The van der Waals surface area contributed by atoms with Gasteiger partial charge in [0.1, 0.15) is 11.0 Å². The van der Waals surface area contributed by atoms with Gasteiger partial charge in [0.2, 0.25) is 0 Å². The molecule has 1 amide bonds. The second-order valence-corrected chi connectivity index (χ2v) is 8.05. The van der Waals surface area contributed by atoms with Crippen molar-refractivity contribution in [2.45, 2.75) is 63.3 Å². The number of nitrogens with one attached hydrogen (secondary N) is 1. The monoisotopic (exact) mass is 336 g/mol. The van der Waals surface area contributed by atoms with Gasteiger partial charge >= 0.3 is 0 Å². The Morgan fingerprint density at radius 1 is 1.39 bits per heavy atom. The fourth-order valence-corrected chi connectivity index (χ4v) is 4.33. The lowest BCUT2D eigenvalue weighted by Gasteiger charge is -2.34. The molecule has 6 heteroatoms. The Labute approximate surface area is 140 Å². The van der Waals surface area contributed by atoms with E-state index in [-0.39, 0.29) is 17.8 Å². The second-order valence-electron chi connectivity index (χ2n) is 7.20. The number of hydrogen-bond donors (Lipinski definition) is 1. The van der Waals surface area contributed by atoms with Crippen molar-refractivity contribution in [2.24, 2.45) is 5.92 Å². The SMILES string of the molecule is CC1CCC2(CC1)OCC(CNC(=O)c1scnc1C1CC1)O2. The lowest BCUT2D eigenvalue weighted by molar-refractivity contribution is -0.191. The van der Waals surface area contributed by atoms with Gasteiger partial charge in [-0.15, -0.1) is 11.3 Å². The van der Waals surface area contributed by atoms with Crippen LogP contribution >= 0.6 is 11.3 Å². The summed E-state index contributed by atoms with van der Waals surface area (Å²) in [6, 6.07) is 0. The van der Waals surface area contributed by atoms with Crippen molar-refractivity contribution in [3.05, 3.63) is 16.1 Å². The zero-order chi connectivity index (χ0) is 15.9. The first-order chi connectivity index (χ1) is 11.2. The lowest BCUT2D eigenvalue weighted by Crippen LogP contribution is -2.38. The van der Waals surface area contributed by atoms with E-state index in [1.165, 1.54) is 11.3 Å². The molecule has 5 nitrogen and oxygen atoms in total. The molecule has 126 valence electrons. The van der Waals surface area contributed by atoms with Crippen LogP contribution in [0.3, 0.4) is 0 Å². The van der Waals surface area contributed by atoms with Crippen molar-refractivity contribution in [2.75, 3.05) is 13.2 Å². The molecule has 23 heavy (non-hydrogen) atoms. The van der Waals surface area contributed by atoms with Crippen molar-refractivity contribution in [3.8, 4) is 0 Å². The molecule has 2 heterocycles. The Kier molecular flexibility index (Phi) is 4.15. The molecule has 0 bridgehead atoms. The van der Waals surface area contributed by atoms with E-state index in [0.29, 0.717) is 19.1 Å². The van der Waals surface area contributed by atoms with E-state index in [9.17, 15) is 4.79 Å². The average Bonchev–Trinajstić information content (AvgIpc) is 3.15. The van der Waals surface area contributed by atoms with E-state index in [0.717, 1.165) is 55.0 Å². The normalized spacial score (nSPS) is 34.0. The number of rotatable bonds is 4. The number of carbonyl (C=O) groups is 1. The Morgan fingerprint density at radius 2 is 2.17 bits per heavy atom. The summed E-state index contributed by atoms with van der Waals surface area (Å²) in [7, 11) is 0. The van der Waals surface area contributed by atoms with Crippen molar-refractivity contribution < 1.29 is 14.3 Å². The van der Waals surface area contributed by atoms with E-state index in [2.05, 4.69) is 17.2 Å². The minimum absolute atomic E-state index is 0.0174. The molecule has 4 rings (SSSR count). The van der Waals surface area contributed by atoms with Gasteiger partial charge in [-0.2, -0.15) is 0 Å². The Bertz CT molecular complexity index is 576. The highest BCUT2D eigenvalue weighted by atomic mass is 32.1. The molecule has 1 spiro atoms. The van der Waals surface area contributed by atoms with Crippen molar-refractivity contribution in [1.29, 1.82) is 0 Å². The summed E-state index contributed by atoms with van der Waals surface area (Å²) < 4.78 is 12.1. The van der Waals surface area contributed by atoms with Crippen molar-refractivity contribution in [3.63, 3.8) is 0 Å². The number of carbonyl (C=O) groups excluding carboxylic acids is 1. The van der Waals surface area contributed by atoms with E-state index in [1.807, 2.05) is 0 Å². The molecular formula is C17H24N2O3S. The predicted octanol–water partition coefficient (Wildman–Crippen LogP) is 3.07. The van der Waals surface area contributed by atoms with Crippen molar-refractivity contribution >= 4 is 17.2 Å². The number of ether oxygens (including phenoxy) is 2. The van der Waals surface area contributed by atoms with Crippen LogP contribution < -0.4 is 5.32 Å². The van der Waals surface area contributed by atoms with Gasteiger partial charge < -0.3 is 14.8 Å². The molecule has 1 aliphatic heterocycles. The van der Waals surface area contributed by atoms with Crippen LogP contribution in [0.1, 0.15) is 66.7 Å². The van der Waals surface area contributed by atoms with Gasteiger partial charge in [-0.3, -0.25) is 4.79 Å². The minimum atomic E-state index is -0.383. The topological polar surface area (TPSA) is 60.5 Å². The predicted molar refractivity (Wildman–Crippen MR) is 87.6 cm³/mol. The summed E-state index contributed by atoms with van der Waals surface area (Å²) in [5.74, 6) is 0.862. The number of aromatic nitrogens is 1. The maximum atomic E-state index is 12.4. The number of amides is 1. The third-order valence-corrected chi connectivity index (χ3v) is 6.05. The van der Waals surface area contributed by atoms with Crippen LogP contribution in [0.25, 0.3) is 0 Å². The van der Waals surface area contributed by atoms with Crippen molar-refractivity contribution in [1.82, 2.24) is 10.3 Å². The summed E-state index contributed by atoms with van der Waals surface area (Å²) in [6.07, 6.45) is 6.54. The molecule has 1 atom stereocenters. The van der Waals surface area contributed by atoms with Gasteiger partial charge in [0, 0.05) is 25.3 Å². The van der Waals surface area contributed by atoms with Gasteiger partial charge in [0.05, 0.1) is 17.8 Å². The first-order valence-electron chi connectivity index (χ1n) is 8.68. The van der Waals surface area contributed by atoms with Crippen LogP contribution in [-0.4, -0.2) is 35.9 Å². The summed E-state index contributed by atoms with van der Waals surface area (Å²) in [4.78, 5) is 17.5. The van der Waals surface area contributed by atoms with Gasteiger partial charge in [0.15, 0.2) is 5.79 Å². The molecular weight excluding hydrogens is 312 g/mol. The zero-order valence-corrected chi connectivity index (χ0v) is 14.4. The quantitative estimate of drug-likeness (QED) is 0.918. The fraction of sp³-hybridized carbons (Fsp3) is 0.765. The van der Waals surface area contributed by atoms with E-state index in [1.54, 1.807) is 5.51 Å². The highest BCUT2D eigenvalue weighted by molar-refractivity contribution is 7.11. The molecule has 1 N–H and O–H groups in total. The molecule has 3 aliphatic rings. The molecule has 0 radical (unpaired) electrons. The third kappa shape index (κ3) is 3.30. The largest absolute Gasteiger partial charge is 0.349 e. The first-order valence-corrected chi connectivity index (χ1v) is 9.56. The molecule has 1 saturated heterocycles. The molecule has 2 aliphatic carbocycles. The first kappa shape index (κ1) is 15.5. The average molecular weight is 336 g/mol. The van der Waals surface area contributed by atoms with Gasteiger partial charge in [0.25, 0.3) is 5.91 Å². The Morgan fingerprint density at radius 3 is 2.91 bits per heavy atom. The zero-order valence-electron chi connectivity index (χ0n) is 13.5. The van der Waals surface area contributed by atoms with E-state index >= 15 is 0 Å². The molecule has 1 aromatic rings. The molecule has 3 fully saturated rings. The maximum absolute atomic E-state index is 12.4. The summed E-state index contributed by atoms with van der Waals surface area (Å²) >= 11 is 1.44. The number of nitrogens with zero attached hydrogens (tertiary/aromatic N) is 1. The molecule has 2 saturated carbocycles. The molecule has 1 aromatic heterocycles. The standard InChI is InChI=1S/C17H24N2O3S/c1-11-4-6-17(7-5-11)21-9-13(22-17)8-18-16(20)15-14(12-2-3-12)19-10-23-15/h10-13H,2-9H2,1H3,(H,18,20). The highest BCUT2D eigenvalue weighted by Gasteiger charge is 2.43. The summed E-state index contributed by atoms with van der Waals surface area (Å²) in [5.41, 5.74) is 2.75. The van der Waals surface area contributed by atoms with Crippen LogP contribution in [0.5, 0.6) is 0 Å². The minimum Gasteiger partial charge on any atom is -0.349 e. The highest BCUT2D eigenvalue weighted by Crippen LogP contribution is 2.42. The Hall–Kier alpha value is -0.980. The van der Waals surface area contributed by atoms with Crippen LogP contribution in [0.4, 0.5) is 0 Å². The van der Waals surface area contributed by atoms with Crippen LogP contribution in [-0.2, 0) is 9.47 Å². The smallest absolute Gasteiger partial charge is 0.263 e. The van der Waals surface area contributed by atoms with Gasteiger partial charge in [-0.05, 0) is 31.6 Å². The third-order valence-electron chi connectivity index (χ3n) is 5.21. The number of thiazole rings is 1. The van der Waals surface area contributed by atoms with Crippen LogP contribution in [0.2, 0.25) is 0 Å². The molecule has 0 aromatic carbocycles. The van der Waals surface area contributed by atoms with E-state index in [4.69, 9.17) is 9.47 Å². The summed E-state index contributed by atoms with van der Waals surface area (Å²) in [5, 5.41) is 3.01. The van der Waals surface area contributed by atoms with Gasteiger partial charge in [-0.25, -0.2) is 4.98 Å². The fourth-order valence-electron chi connectivity index (χ4n) is 3.54. The molecule has 1 unspecified atom stereocenters. The van der Waals surface area contributed by atoms with Gasteiger partial charge in [-0.1, -0.05) is 6.92 Å². The van der Waals surface area contributed by atoms with E-state index < -0.39 is 0 Å². The second kappa shape index (κ2) is 6.15. The van der Waals surface area contributed by atoms with Crippen LogP contribution in [0, 0.1) is 5.92 Å². The van der Waals surface area contributed by atoms with Crippen LogP contribution in [0.15, 0.2) is 5.51 Å². The summed E-state index contributed by atoms with van der Waals surface area (Å²) in [6.45, 7) is 3.37. The lowest BCUT2D eigenvalue weighted by atomic mass is 9.86.